The Morgan fingerprint density at radius 2 is 1.95 bits per heavy atom. The van der Waals surface area contributed by atoms with Gasteiger partial charge in [0, 0.05) is 16.7 Å². The summed E-state index contributed by atoms with van der Waals surface area (Å²) in [4.78, 5) is 16.4. The van der Waals surface area contributed by atoms with Gasteiger partial charge in [0.2, 0.25) is 0 Å². The minimum absolute atomic E-state index is 0.217. The summed E-state index contributed by atoms with van der Waals surface area (Å²) in [5, 5.41) is 6.12. The van der Waals surface area contributed by atoms with Crippen molar-refractivity contribution < 1.29 is 4.79 Å². The largest absolute Gasteiger partial charge is 0.384 e. The molecule has 1 heterocycles. The summed E-state index contributed by atoms with van der Waals surface area (Å²) in [6.07, 6.45) is 1.68. The molecule has 0 spiro atoms. The van der Waals surface area contributed by atoms with Crippen LogP contribution in [0.4, 0.5) is 11.4 Å². The summed E-state index contributed by atoms with van der Waals surface area (Å²) in [5.74, 6) is 0.342. The van der Waals surface area contributed by atoms with Gasteiger partial charge in [-0.3, -0.25) is 4.79 Å². The van der Waals surface area contributed by atoms with Crippen molar-refractivity contribution in [3.8, 4) is 0 Å². The average molecular weight is 362 g/mol. The molecule has 0 bridgehead atoms. The van der Waals surface area contributed by atoms with E-state index in [2.05, 4.69) is 45.4 Å². The Bertz CT molecular complexity index is 653. The number of rotatable bonds is 5. The van der Waals surface area contributed by atoms with Crippen LogP contribution < -0.4 is 10.6 Å². The van der Waals surface area contributed by atoms with E-state index in [1.807, 2.05) is 31.2 Å². The summed E-state index contributed by atoms with van der Waals surface area (Å²) < 4.78 is 0.964. The third kappa shape index (κ3) is 4.56. The molecule has 0 saturated carbocycles. The number of hydrogen-bond acceptors (Lipinski definition) is 3. The molecule has 2 N–H and O–H groups in total. The lowest BCUT2D eigenvalue weighted by molar-refractivity contribution is 0.102. The molecule has 1 amide bonds. The highest BCUT2D eigenvalue weighted by Crippen LogP contribution is 2.21. The molecule has 0 aliphatic heterocycles. The van der Waals surface area contributed by atoms with Gasteiger partial charge in [0.1, 0.15) is 5.69 Å². The fourth-order valence-electron chi connectivity index (χ4n) is 1.82. The van der Waals surface area contributed by atoms with Crippen molar-refractivity contribution in [3.63, 3.8) is 0 Å². The zero-order valence-electron chi connectivity index (χ0n) is 13.0. The standard InChI is InChI=1S/C17H20BrN3O/c1-11(2)9-19-14-6-7-16(20-10-14)17(22)21-13-5-4-12(3)15(18)8-13/h4-8,10-11,19H,9H2,1-3H3,(H,21,22). The number of carbonyl (C=O) groups is 1. The molecule has 0 aliphatic rings. The molecule has 1 aromatic carbocycles. The Balaban J connectivity index is 2.01. The molecule has 0 aliphatic carbocycles. The van der Waals surface area contributed by atoms with Gasteiger partial charge in [-0.05, 0) is 42.7 Å². The lowest BCUT2D eigenvalue weighted by Crippen LogP contribution is -2.14. The molecule has 0 radical (unpaired) electrons. The second-order valence-corrected chi connectivity index (χ2v) is 6.48. The Kier molecular flexibility index (Phi) is 5.55. The van der Waals surface area contributed by atoms with Crippen LogP contribution in [0, 0.1) is 12.8 Å². The molecule has 1 aromatic heterocycles. The number of carbonyl (C=O) groups excluding carboxylic acids is 1. The molecule has 5 heteroatoms. The van der Waals surface area contributed by atoms with E-state index in [0.29, 0.717) is 11.6 Å². The van der Waals surface area contributed by atoms with E-state index in [0.717, 1.165) is 28.0 Å². The van der Waals surface area contributed by atoms with Crippen LogP contribution in [0.25, 0.3) is 0 Å². The van der Waals surface area contributed by atoms with Gasteiger partial charge in [-0.15, -0.1) is 0 Å². The Hall–Kier alpha value is -1.88. The molecular weight excluding hydrogens is 342 g/mol. The number of halogens is 1. The fourth-order valence-corrected chi connectivity index (χ4v) is 2.20. The first-order valence-electron chi connectivity index (χ1n) is 7.23. The van der Waals surface area contributed by atoms with Crippen molar-refractivity contribution in [2.75, 3.05) is 17.2 Å². The van der Waals surface area contributed by atoms with Crippen LogP contribution in [0.15, 0.2) is 41.0 Å². The highest BCUT2D eigenvalue weighted by molar-refractivity contribution is 9.10. The SMILES string of the molecule is Cc1ccc(NC(=O)c2ccc(NCC(C)C)cn2)cc1Br. The first-order valence-corrected chi connectivity index (χ1v) is 8.02. The molecule has 22 heavy (non-hydrogen) atoms. The van der Waals surface area contributed by atoms with E-state index in [1.54, 1.807) is 12.3 Å². The topological polar surface area (TPSA) is 54.0 Å². The zero-order valence-corrected chi connectivity index (χ0v) is 14.6. The molecule has 2 aromatic rings. The van der Waals surface area contributed by atoms with Crippen LogP contribution in [0.3, 0.4) is 0 Å². The predicted molar refractivity (Wildman–Crippen MR) is 94.4 cm³/mol. The number of aromatic nitrogens is 1. The molecule has 0 fully saturated rings. The average Bonchev–Trinajstić information content (AvgIpc) is 2.49. The van der Waals surface area contributed by atoms with E-state index in [4.69, 9.17) is 0 Å². The van der Waals surface area contributed by atoms with Crippen LogP contribution >= 0.6 is 15.9 Å². The summed E-state index contributed by atoms with van der Waals surface area (Å²) in [6.45, 7) is 7.16. The van der Waals surface area contributed by atoms with Crippen LogP contribution in [0.2, 0.25) is 0 Å². The van der Waals surface area contributed by atoms with Gasteiger partial charge < -0.3 is 10.6 Å². The van der Waals surface area contributed by atoms with Crippen LogP contribution in [0.5, 0.6) is 0 Å². The number of nitrogens with one attached hydrogen (secondary N) is 2. The van der Waals surface area contributed by atoms with E-state index < -0.39 is 0 Å². The summed E-state index contributed by atoms with van der Waals surface area (Å²) in [6, 6.07) is 9.30. The molecule has 116 valence electrons. The van der Waals surface area contributed by atoms with Crippen molar-refractivity contribution in [2.24, 2.45) is 5.92 Å². The number of hydrogen-bond donors (Lipinski definition) is 2. The maximum absolute atomic E-state index is 12.2. The van der Waals surface area contributed by atoms with Gasteiger partial charge in [-0.2, -0.15) is 0 Å². The van der Waals surface area contributed by atoms with Crippen molar-refractivity contribution in [3.05, 3.63) is 52.3 Å². The van der Waals surface area contributed by atoms with Crippen LogP contribution in [0.1, 0.15) is 29.9 Å². The van der Waals surface area contributed by atoms with Gasteiger partial charge in [0.05, 0.1) is 11.9 Å². The minimum atomic E-state index is -0.217. The highest BCUT2D eigenvalue weighted by atomic mass is 79.9. The smallest absolute Gasteiger partial charge is 0.274 e. The number of amides is 1. The number of anilines is 2. The number of aryl methyl sites for hydroxylation is 1. The van der Waals surface area contributed by atoms with Gasteiger partial charge in [-0.25, -0.2) is 4.98 Å². The van der Waals surface area contributed by atoms with Crippen molar-refractivity contribution in [1.82, 2.24) is 4.98 Å². The van der Waals surface area contributed by atoms with Crippen molar-refractivity contribution in [2.45, 2.75) is 20.8 Å². The van der Waals surface area contributed by atoms with Crippen molar-refractivity contribution >= 4 is 33.2 Å². The third-order valence-electron chi connectivity index (χ3n) is 3.14. The maximum atomic E-state index is 12.2. The molecule has 0 unspecified atom stereocenters. The lowest BCUT2D eigenvalue weighted by atomic mass is 10.2. The fraction of sp³-hybridized carbons (Fsp3) is 0.294. The van der Waals surface area contributed by atoms with Crippen LogP contribution in [-0.4, -0.2) is 17.4 Å². The first kappa shape index (κ1) is 16.5. The van der Waals surface area contributed by atoms with E-state index in [-0.39, 0.29) is 5.91 Å². The molecule has 0 saturated heterocycles. The van der Waals surface area contributed by atoms with E-state index >= 15 is 0 Å². The number of benzene rings is 1. The lowest BCUT2D eigenvalue weighted by Gasteiger charge is -2.09. The molecule has 4 nitrogen and oxygen atoms in total. The molecular formula is C17H20BrN3O. The third-order valence-corrected chi connectivity index (χ3v) is 3.99. The Morgan fingerprint density at radius 1 is 1.23 bits per heavy atom. The second kappa shape index (κ2) is 7.40. The van der Waals surface area contributed by atoms with Crippen molar-refractivity contribution in [1.29, 1.82) is 0 Å². The molecule has 0 atom stereocenters. The first-order chi connectivity index (χ1) is 10.5. The summed E-state index contributed by atoms with van der Waals surface area (Å²) in [5.41, 5.74) is 3.18. The van der Waals surface area contributed by atoms with Gasteiger partial charge >= 0.3 is 0 Å². The molecule has 2 rings (SSSR count). The highest BCUT2D eigenvalue weighted by Gasteiger charge is 2.08. The monoisotopic (exact) mass is 361 g/mol. The maximum Gasteiger partial charge on any atom is 0.274 e. The van der Waals surface area contributed by atoms with E-state index in [1.165, 1.54) is 0 Å². The second-order valence-electron chi connectivity index (χ2n) is 5.62. The van der Waals surface area contributed by atoms with Gasteiger partial charge in [0.15, 0.2) is 0 Å². The van der Waals surface area contributed by atoms with E-state index in [9.17, 15) is 4.79 Å². The quantitative estimate of drug-likeness (QED) is 0.825. The minimum Gasteiger partial charge on any atom is -0.384 e. The Morgan fingerprint density at radius 3 is 2.55 bits per heavy atom. The number of nitrogens with zero attached hydrogens (tertiary/aromatic N) is 1. The van der Waals surface area contributed by atoms with Gasteiger partial charge in [-0.1, -0.05) is 35.8 Å². The summed E-state index contributed by atoms with van der Waals surface area (Å²) in [7, 11) is 0. The summed E-state index contributed by atoms with van der Waals surface area (Å²) >= 11 is 3.46. The van der Waals surface area contributed by atoms with Crippen LogP contribution in [-0.2, 0) is 0 Å². The normalized spacial score (nSPS) is 10.6. The predicted octanol–water partition coefficient (Wildman–Crippen LogP) is 4.47. The van der Waals surface area contributed by atoms with Gasteiger partial charge in [0.25, 0.3) is 5.91 Å². The number of pyridine rings is 1. The Labute approximate surface area is 139 Å². The zero-order chi connectivity index (χ0) is 16.1.